The summed E-state index contributed by atoms with van der Waals surface area (Å²) in [6, 6.07) is 1.27. The SMILES string of the molecule is CN1CCN(C(=O)c2cc(C(=O)O)[nH]n2)CC1. The van der Waals surface area contributed by atoms with Crippen LogP contribution in [0.1, 0.15) is 21.0 Å². The van der Waals surface area contributed by atoms with Crippen molar-refractivity contribution >= 4 is 11.9 Å². The average Bonchev–Trinajstić information content (AvgIpc) is 2.78. The molecule has 2 heterocycles. The molecule has 0 radical (unpaired) electrons. The number of hydrogen-bond acceptors (Lipinski definition) is 4. The Kier molecular flexibility index (Phi) is 3.10. The van der Waals surface area contributed by atoms with E-state index in [1.54, 1.807) is 4.90 Å². The van der Waals surface area contributed by atoms with E-state index in [4.69, 9.17) is 5.11 Å². The van der Waals surface area contributed by atoms with Gasteiger partial charge in [0.1, 0.15) is 5.69 Å². The van der Waals surface area contributed by atoms with E-state index in [2.05, 4.69) is 15.1 Å². The van der Waals surface area contributed by atoms with Crippen LogP contribution < -0.4 is 0 Å². The van der Waals surface area contributed by atoms with Gasteiger partial charge in [-0.05, 0) is 7.05 Å². The largest absolute Gasteiger partial charge is 0.477 e. The number of aromatic carboxylic acids is 1. The molecule has 92 valence electrons. The number of aromatic nitrogens is 2. The molecule has 1 fully saturated rings. The lowest BCUT2D eigenvalue weighted by Gasteiger charge is -2.31. The van der Waals surface area contributed by atoms with Crippen LogP contribution in [0, 0.1) is 0 Å². The summed E-state index contributed by atoms with van der Waals surface area (Å²) in [5.74, 6) is -1.34. The molecule has 7 heteroatoms. The number of aromatic amines is 1. The summed E-state index contributed by atoms with van der Waals surface area (Å²) in [4.78, 5) is 26.4. The Morgan fingerprint density at radius 3 is 2.53 bits per heavy atom. The highest BCUT2D eigenvalue weighted by atomic mass is 16.4. The summed E-state index contributed by atoms with van der Waals surface area (Å²) < 4.78 is 0. The second kappa shape index (κ2) is 4.54. The van der Waals surface area contributed by atoms with Crippen molar-refractivity contribution in [3.8, 4) is 0 Å². The average molecular weight is 238 g/mol. The normalized spacial score (nSPS) is 17.1. The monoisotopic (exact) mass is 238 g/mol. The predicted octanol–water partition coefficient (Wildman–Crippen LogP) is -0.504. The molecule has 0 bridgehead atoms. The molecule has 0 saturated carbocycles. The molecular weight excluding hydrogens is 224 g/mol. The highest BCUT2D eigenvalue weighted by Gasteiger charge is 2.23. The number of amides is 1. The van der Waals surface area contributed by atoms with Crippen LogP contribution in [0.25, 0.3) is 0 Å². The van der Waals surface area contributed by atoms with Crippen LogP contribution in [-0.2, 0) is 0 Å². The topological polar surface area (TPSA) is 89.5 Å². The first-order valence-corrected chi connectivity index (χ1v) is 5.34. The molecule has 7 nitrogen and oxygen atoms in total. The highest BCUT2D eigenvalue weighted by Crippen LogP contribution is 2.07. The standard InChI is InChI=1S/C10H14N4O3/c1-13-2-4-14(5-3-13)9(15)7-6-8(10(16)17)12-11-7/h6H,2-5H2,1H3,(H,11,12)(H,16,17). The lowest BCUT2D eigenvalue weighted by molar-refractivity contribution is 0.0657. The summed E-state index contributed by atoms with van der Waals surface area (Å²) in [7, 11) is 2.00. The summed E-state index contributed by atoms with van der Waals surface area (Å²) >= 11 is 0. The van der Waals surface area contributed by atoms with Crippen LogP contribution in [0.4, 0.5) is 0 Å². The number of nitrogens with one attached hydrogen (secondary N) is 1. The molecule has 1 amide bonds. The van der Waals surface area contributed by atoms with Crippen LogP contribution >= 0.6 is 0 Å². The van der Waals surface area contributed by atoms with Gasteiger partial charge in [0.05, 0.1) is 0 Å². The quantitative estimate of drug-likeness (QED) is 0.724. The lowest BCUT2D eigenvalue weighted by atomic mass is 10.2. The fourth-order valence-electron chi connectivity index (χ4n) is 1.71. The van der Waals surface area contributed by atoms with Crippen molar-refractivity contribution in [2.75, 3.05) is 33.2 Å². The molecule has 2 rings (SSSR count). The summed E-state index contributed by atoms with van der Waals surface area (Å²) in [6.45, 7) is 2.93. The number of hydrogen-bond donors (Lipinski definition) is 2. The van der Waals surface area contributed by atoms with Crippen molar-refractivity contribution in [1.29, 1.82) is 0 Å². The molecule has 1 aromatic heterocycles. The number of carboxylic acid groups (broad SMARTS) is 1. The molecule has 0 unspecified atom stereocenters. The minimum absolute atomic E-state index is 0.0672. The van der Waals surface area contributed by atoms with Crippen molar-refractivity contribution in [1.82, 2.24) is 20.0 Å². The number of carboxylic acids is 1. The van der Waals surface area contributed by atoms with Crippen molar-refractivity contribution in [2.24, 2.45) is 0 Å². The molecule has 1 aliphatic rings. The third-order valence-electron chi connectivity index (χ3n) is 2.82. The first-order chi connectivity index (χ1) is 8.08. The summed E-state index contributed by atoms with van der Waals surface area (Å²) in [6.07, 6.45) is 0. The third-order valence-corrected chi connectivity index (χ3v) is 2.82. The van der Waals surface area contributed by atoms with Crippen molar-refractivity contribution < 1.29 is 14.7 Å². The molecule has 1 aliphatic heterocycles. The maximum atomic E-state index is 12.0. The Bertz CT molecular complexity index is 435. The van der Waals surface area contributed by atoms with Gasteiger partial charge in [0, 0.05) is 32.2 Å². The van der Waals surface area contributed by atoms with Crippen LogP contribution in [0.3, 0.4) is 0 Å². The third kappa shape index (κ3) is 2.44. The Hall–Kier alpha value is -1.89. The number of likely N-dealkylation sites (N-methyl/N-ethyl adjacent to an activating group) is 1. The van der Waals surface area contributed by atoms with Crippen LogP contribution in [0.2, 0.25) is 0 Å². The van der Waals surface area contributed by atoms with E-state index < -0.39 is 5.97 Å². The Labute approximate surface area is 98.0 Å². The molecule has 0 atom stereocenters. The van der Waals surface area contributed by atoms with Crippen LogP contribution in [-0.4, -0.2) is 70.2 Å². The van der Waals surface area contributed by atoms with Gasteiger partial charge in [0.2, 0.25) is 0 Å². The number of carbonyl (C=O) groups is 2. The van der Waals surface area contributed by atoms with E-state index in [1.807, 2.05) is 7.05 Å². The smallest absolute Gasteiger partial charge is 0.353 e. The maximum Gasteiger partial charge on any atom is 0.353 e. The van der Waals surface area contributed by atoms with Crippen LogP contribution in [0.15, 0.2) is 6.07 Å². The van der Waals surface area contributed by atoms with E-state index in [0.717, 1.165) is 13.1 Å². The molecule has 1 saturated heterocycles. The zero-order chi connectivity index (χ0) is 12.4. The number of piperazine rings is 1. The number of nitrogens with zero attached hydrogens (tertiary/aromatic N) is 3. The molecule has 0 aromatic carbocycles. The van der Waals surface area contributed by atoms with Gasteiger partial charge in [0.15, 0.2) is 5.69 Å². The predicted molar refractivity (Wildman–Crippen MR) is 58.9 cm³/mol. The van der Waals surface area contributed by atoms with E-state index >= 15 is 0 Å². The van der Waals surface area contributed by atoms with Gasteiger partial charge in [-0.3, -0.25) is 9.89 Å². The second-order valence-corrected chi connectivity index (χ2v) is 4.07. The fourth-order valence-corrected chi connectivity index (χ4v) is 1.71. The van der Waals surface area contributed by atoms with Gasteiger partial charge < -0.3 is 14.9 Å². The number of carbonyl (C=O) groups excluding carboxylic acids is 1. The zero-order valence-electron chi connectivity index (χ0n) is 9.51. The maximum absolute atomic E-state index is 12.0. The van der Waals surface area contributed by atoms with Gasteiger partial charge >= 0.3 is 5.97 Å². The molecule has 17 heavy (non-hydrogen) atoms. The Balaban J connectivity index is 2.06. The van der Waals surface area contributed by atoms with Gasteiger partial charge in [-0.1, -0.05) is 0 Å². The second-order valence-electron chi connectivity index (χ2n) is 4.07. The zero-order valence-corrected chi connectivity index (χ0v) is 9.51. The molecular formula is C10H14N4O3. The number of H-pyrrole nitrogens is 1. The minimum atomic E-state index is -1.12. The van der Waals surface area contributed by atoms with Gasteiger partial charge in [-0.15, -0.1) is 0 Å². The van der Waals surface area contributed by atoms with Gasteiger partial charge in [-0.2, -0.15) is 5.10 Å². The molecule has 2 N–H and O–H groups in total. The first-order valence-electron chi connectivity index (χ1n) is 5.34. The highest BCUT2D eigenvalue weighted by molar-refractivity contribution is 5.95. The summed E-state index contributed by atoms with van der Waals surface area (Å²) in [5, 5.41) is 14.8. The van der Waals surface area contributed by atoms with E-state index in [-0.39, 0.29) is 17.3 Å². The molecule has 0 spiro atoms. The van der Waals surface area contributed by atoms with E-state index in [1.165, 1.54) is 6.07 Å². The van der Waals surface area contributed by atoms with Gasteiger partial charge in [0.25, 0.3) is 5.91 Å². The van der Waals surface area contributed by atoms with E-state index in [9.17, 15) is 9.59 Å². The fraction of sp³-hybridized carbons (Fsp3) is 0.500. The Morgan fingerprint density at radius 2 is 2.00 bits per heavy atom. The minimum Gasteiger partial charge on any atom is -0.477 e. The summed E-state index contributed by atoms with van der Waals surface area (Å²) in [5.41, 5.74) is 0.0921. The van der Waals surface area contributed by atoms with Crippen molar-refractivity contribution in [3.05, 3.63) is 17.5 Å². The lowest BCUT2D eigenvalue weighted by Crippen LogP contribution is -2.47. The van der Waals surface area contributed by atoms with E-state index in [0.29, 0.717) is 13.1 Å². The Morgan fingerprint density at radius 1 is 1.35 bits per heavy atom. The van der Waals surface area contributed by atoms with Crippen LogP contribution in [0.5, 0.6) is 0 Å². The van der Waals surface area contributed by atoms with Crippen molar-refractivity contribution in [3.63, 3.8) is 0 Å². The molecule has 1 aromatic rings. The number of rotatable bonds is 2. The molecule has 0 aliphatic carbocycles. The first kappa shape index (κ1) is 11.6. The van der Waals surface area contributed by atoms with Gasteiger partial charge in [-0.25, -0.2) is 4.79 Å². The van der Waals surface area contributed by atoms with Crippen molar-refractivity contribution in [2.45, 2.75) is 0 Å².